The van der Waals surface area contributed by atoms with Crippen molar-refractivity contribution >= 4 is 0 Å². The molecule has 6 nitrogen and oxygen atoms in total. The molecule has 2 heterocycles. The molecule has 0 aromatic carbocycles. The SMILES string of the molecule is CCNCc1cnc(-c2ncc(C)cn2)[nH]c1=O. The van der Waals surface area contributed by atoms with E-state index < -0.39 is 0 Å². The molecule has 2 aromatic rings. The van der Waals surface area contributed by atoms with Gasteiger partial charge in [0.15, 0.2) is 11.6 Å². The summed E-state index contributed by atoms with van der Waals surface area (Å²) in [6, 6.07) is 0. The molecule has 0 aliphatic rings. The van der Waals surface area contributed by atoms with Crippen LogP contribution in [-0.2, 0) is 6.54 Å². The van der Waals surface area contributed by atoms with Crippen LogP contribution in [-0.4, -0.2) is 26.5 Å². The molecule has 94 valence electrons. The van der Waals surface area contributed by atoms with E-state index >= 15 is 0 Å². The molecule has 0 aliphatic heterocycles. The average Bonchev–Trinajstić information content (AvgIpc) is 2.38. The van der Waals surface area contributed by atoms with Crippen molar-refractivity contribution in [2.24, 2.45) is 0 Å². The van der Waals surface area contributed by atoms with Crippen molar-refractivity contribution in [3.63, 3.8) is 0 Å². The first-order chi connectivity index (χ1) is 8.70. The van der Waals surface area contributed by atoms with E-state index in [0.717, 1.165) is 12.1 Å². The van der Waals surface area contributed by atoms with Crippen LogP contribution < -0.4 is 10.9 Å². The van der Waals surface area contributed by atoms with Crippen LogP contribution in [0.3, 0.4) is 0 Å². The fourth-order valence-corrected chi connectivity index (χ4v) is 1.44. The van der Waals surface area contributed by atoms with E-state index in [1.54, 1.807) is 18.6 Å². The number of H-pyrrole nitrogens is 1. The third-order valence-electron chi connectivity index (χ3n) is 2.43. The van der Waals surface area contributed by atoms with Gasteiger partial charge in [-0.05, 0) is 19.0 Å². The normalized spacial score (nSPS) is 10.6. The third-order valence-corrected chi connectivity index (χ3v) is 2.43. The molecule has 18 heavy (non-hydrogen) atoms. The summed E-state index contributed by atoms with van der Waals surface area (Å²) in [5.41, 5.74) is 1.41. The minimum absolute atomic E-state index is 0.162. The van der Waals surface area contributed by atoms with Crippen molar-refractivity contribution in [3.8, 4) is 11.6 Å². The molecule has 0 aliphatic carbocycles. The largest absolute Gasteiger partial charge is 0.313 e. The van der Waals surface area contributed by atoms with Crippen LogP contribution in [0, 0.1) is 6.92 Å². The molecular weight excluding hydrogens is 230 g/mol. The molecule has 2 aromatic heterocycles. The van der Waals surface area contributed by atoms with Crippen molar-refractivity contribution in [2.75, 3.05) is 6.54 Å². The van der Waals surface area contributed by atoms with E-state index in [1.807, 2.05) is 13.8 Å². The molecule has 6 heteroatoms. The molecule has 0 radical (unpaired) electrons. The molecule has 0 atom stereocenters. The smallest absolute Gasteiger partial charge is 0.255 e. The first kappa shape index (κ1) is 12.4. The van der Waals surface area contributed by atoms with Crippen molar-refractivity contribution in [1.82, 2.24) is 25.3 Å². The van der Waals surface area contributed by atoms with Crippen molar-refractivity contribution in [2.45, 2.75) is 20.4 Å². The minimum atomic E-state index is -0.162. The maximum absolute atomic E-state index is 11.8. The highest BCUT2D eigenvalue weighted by Gasteiger charge is 2.06. The molecule has 0 amide bonds. The Labute approximate surface area is 105 Å². The summed E-state index contributed by atoms with van der Waals surface area (Å²) in [6.07, 6.45) is 4.93. The Morgan fingerprint density at radius 2 is 1.94 bits per heavy atom. The Kier molecular flexibility index (Phi) is 3.78. The Hall–Kier alpha value is -2.08. The monoisotopic (exact) mass is 245 g/mol. The van der Waals surface area contributed by atoms with Gasteiger partial charge in [0, 0.05) is 30.7 Å². The second kappa shape index (κ2) is 5.50. The maximum Gasteiger partial charge on any atom is 0.255 e. The number of hydrogen-bond acceptors (Lipinski definition) is 5. The molecule has 0 saturated heterocycles. The number of aryl methyl sites for hydroxylation is 1. The van der Waals surface area contributed by atoms with Crippen LogP contribution in [0.25, 0.3) is 11.6 Å². The molecular formula is C12H15N5O. The van der Waals surface area contributed by atoms with E-state index in [-0.39, 0.29) is 5.56 Å². The fourth-order valence-electron chi connectivity index (χ4n) is 1.44. The third kappa shape index (κ3) is 2.78. The second-order valence-corrected chi connectivity index (χ2v) is 3.95. The quantitative estimate of drug-likeness (QED) is 0.826. The number of aromatic nitrogens is 4. The number of rotatable bonds is 4. The Balaban J connectivity index is 2.28. The van der Waals surface area contributed by atoms with Gasteiger partial charge in [-0.1, -0.05) is 6.92 Å². The summed E-state index contributed by atoms with van der Waals surface area (Å²) in [5, 5.41) is 3.08. The highest BCUT2D eigenvalue weighted by molar-refractivity contribution is 5.41. The van der Waals surface area contributed by atoms with E-state index in [9.17, 15) is 4.79 Å². The van der Waals surface area contributed by atoms with Crippen LogP contribution in [0.1, 0.15) is 18.1 Å². The summed E-state index contributed by atoms with van der Waals surface area (Å²) >= 11 is 0. The first-order valence-electron chi connectivity index (χ1n) is 5.78. The molecule has 0 spiro atoms. The zero-order valence-electron chi connectivity index (χ0n) is 10.4. The van der Waals surface area contributed by atoms with Gasteiger partial charge < -0.3 is 10.3 Å². The van der Waals surface area contributed by atoms with E-state index in [4.69, 9.17) is 0 Å². The number of hydrogen-bond donors (Lipinski definition) is 2. The number of nitrogens with one attached hydrogen (secondary N) is 2. The lowest BCUT2D eigenvalue weighted by Crippen LogP contribution is -2.22. The predicted octanol–water partition coefficient (Wildman–Crippen LogP) is 0.645. The van der Waals surface area contributed by atoms with Gasteiger partial charge in [-0.2, -0.15) is 0 Å². The van der Waals surface area contributed by atoms with Crippen molar-refractivity contribution in [1.29, 1.82) is 0 Å². The summed E-state index contributed by atoms with van der Waals surface area (Å²) in [6.45, 7) is 5.20. The Morgan fingerprint density at radius 3 is 2.56 bits per heavy atom. The molecule has 0 saturated carbocycles. The van der Waals surface area contributed by atoms with Gasteiger partial charge in [-0.3, -0.25) is 4.79 Å². The van der Waals surface area contributed by atoms with Crippen LogP contribution in [0.5, 0.6) is 0 Å². The molecule has 0 unspecified atom stereocenters. The highest BCUT2D eigenvalue weighted by Crippen LogP contribution is 2.06. The average molecular weight is 245 g/mol. The predicted molar refractivity (Wildman–Crippen MR) is 68.0 cm³/mol. The zero-order chi connectivity index (χ0) is 13.0. The molecule has 2 rings (SSSR count). The van der Waals surface area contributed by atoms with Crippen LogP contribution >= 0.6 is 0 Å². The maximum atomic E-state index is 11.8. The first-order valence-corrected chi connectivity index (χ1v) is 5.78. The van der Waals surface area contributed by atoms with Crippen molar-refractivity contribution < 1.29 is 0 Å². The van der Waals surface area contributed by atoms with Gasteiger partial charge in [-0.15, -0.1) is 0 Å². The lowest BCUT2D eigenvalue weighted by molar-refractivity contribution is 0.716. The van der Waals surface area contributed by atoms with Gasteiger partial charge >= 0.3 is 0 Å². The van der Waals surface area contributed by atoms with Gasteiger partial charge in [0.2, 0.25) is 0 Å². The van der Waals surface area contributed by atoms with Crippen molar-refractivity contribution in [3.05, 3.63) is 40.1 Å². The van der Waals surface area contributed by atoms with Crippen LogP contribution in [0.15, 0.2) is 23.4 Å². The summed E-state index contributed by atoms with van der Waals surface area (Å²) < 4.78 is 0. The Bertz CT molecular complexity index is 576. The lowest BCUT2D eigenvalue weighted by atomic mass is 10.3. The molecule has 0 bridgehead atoms. The minimum Gasteiger partial charge on any atom is -0.313 e. The zero-order valence-corrected chi connectivity index (χ0v) is 10.4. The second-order valence-electron chi connectivity index (χ2n) is 3.95. The summed E-state index contributed by atoms with van der Waals surface area (Å²) in [4.78, 5) is 26.9. The van der Waals surface area contributed by atoms with E-state index in [1.165, 1.54) is 0 Å². The molecule has 2 N–H and O–H groups in total. The molecule has 0 fully saturated rings. The standard InChI is InChI=1S/C12H15N5O/c1-3-13-6-9-7-16-11(17-12(9)18)10-14-4-8(2)5-15-10/h4-5,7,13H,3,6H2,1-2H3,(H,16,17,18). The van der Waals surface area contributed by atoms with Gasteiger partial charge in [-0.25, -0.2) is 15.0 Å². The topological polar surface area (TPSA) is 83.6 Å². The summed E-state index contributed by atoms with van der Waals surface area (Å²) in [5.74, 6) is 0.813. The fraction of sp³-hybridized carbons (Fsp3) is 0.333. The van der Waals surface area contributed by atoms with Gasteiger partial charge in [0.25, 0.3) is 5.56 Å². The van der Waals surface area contributed by atoms with Gasteiger partial charge in [0.05, 0.1) is 0 Å². The van der Waals surface area contributed by atoms with E-state index in [0.29, 0.717) is 23.8 Å². The number of nitrogens with zero attached hydrogens (tertiary/aromatic N) is 3. The summed E-state index contributed by atoms with van der Waals surface area (Å²) in [7, 11) is 0. The highest BCUT2D eigenvalue weighted by atomic mass is 16.1. The number of aromatic amines is 1. The lowest BCUT2D eigenvalue weighted by Gasteiger charge is -2.03. The van der Waals surface area contributed by atoms with E-state index in [2.05, 4.69) is 25.3 Å². The van der Waals surface area contributed by atoms with Crippen LogP contribution in [0.4, 0.5) is 0 Å². The van der Waals surface area contributed by atoms with Crippen LogP contribution in [0.2, 0.25) is 0 Å². The van der Waals surface area contributed by atoms with Gasteiger partial charge in [0.1, 0.15) is 0 Å². The Morgan fingerprint density at radius 1 is 1.22 bits per heavy atom.